The number of aliphatic hydroxyl groups is 1. The van der Waals surface area contributed by atoms with Gasteiger partial charge in [0.25, 0.3) is 0 Å². The van der Waals surface area contributed by atoms with E-state index in [-0.39, 0.29) is 25.0 Å². The number of carbonyl (C=O) groups is 2. The number of carboxylic acid groups (broad SMARTS) is 1. The molecular weight excluding hydrogens is 228 g/mol. The largest absolute Gasteiger partial charge is 0.479 e. The second kappa shape index (κ2) is 7.08. The highest BCUT2D eigenvalue weighted by Crippen LogP contribution is 2.05. The molecule has 0 saturated carbocycles. The summed E-state index contributed by atoms with van der Waals surface area (Å²) < 4.78 is 5.20. The van der Waals surface area contributed by atoms with E-state index in [9.17, 15) is 9.59 Å². The van der Waals surface area contributed by atoms with Gasteiger partial charge in [-0.25, -0.2) is 9.59 Å². The lowest BCUT2D eigenvalue weighted by Crippen LogP contribution is -2.46. The molecule has 98 valence electrons. The molecule has 1 unspecified atom stereocenters. The first-order chi connectivity index (χ1) is 8.09. The van der Waals surface area contributed by atoms with Gasteiger partial charge in [-0.1, -0.05) is 0 Å². The molecule has 2 amide bonds. The van der Waals surface area contributed by atoms with Crippen molar-refractivity contribution in [3.8, 4) is 0 Å². The Morgan fingerprint density at radius 1 is 1.47 bits per heavy atom. The highest BCUT2D eigenvalue weighted by atomic mass is 16.5. The van der Waals surface area contributed by atoms with E-state index in [1.165, 1.54) is 0 Å². The predicted molar refractivity (Wildman–Crippen MR) is 58.6 cm³/mol. The van der Waals surface area contributed by atoms with E-state index >= 15 is 0 Å². The van der Waals surface area contributed by atoms with E-state index in [2.05, 4.69) is 10.6 Å². The van der Waals surface area contributed by atoms with Gasteiger partial charge in [0, 0.05) is 19.6 Å². The molecule has 4 N–H and O–H groups in total. The maximum Gasteiger partial charge on any atom is 0.332 e. The van der Waals surface area contributed by atoms with Crippen molar-refractivity contribution in [2.75, 3.05) is 19.8 Å². The number of hydrogen-bond donors (Lipinski definition) is 4. The fraction of sp³-hybridized carbons (Fsp3) is 0.800. The van der Waals surface area contributed by atoms with Crippen LogP contribution in [-0.2, 0) is 9.53 Å². The fourth-order valence-corrected chi connectivity index (χ4v) is 1.54. The second-order valence-electron chi connectivity index (χ2n) is 3.96. The number of carboxylic acids is 1. The summed E-state index contributed by atoms with van der Waals surface area (Å²) in [5.74, 6) is -1.28. The van der Waals surface area contributed by atoms with E-state index in [1.807, 2.05) is 0 Å². The minimum absolute atomic E-state index is 0.00754. The van der Waals surface area contributed by atoms with Crippen molar-refractivity contribution in [3.63, 3.8) is 0 Å². The number of amides is 2. The molecule has 1 fully saturated rings. The van der Waals surface area contributed by atoms with Crippen LogP contribution in [0.25, 0.3) is 0 Å². The Morgan fingerprint density at radius 2 is 2.24 bits per heavy atom. The predicted octanol–water partition coefficient (Wildman–Crippen LogP) is -0.700. The van der Waals surface area contributed by atoms with E-state index < -0.39 is 12.1 Å². The van der Waals surface area contributed by atoms with E-state index in [1.54, 1.807) is 0 Å². The number of urea groups is 1. The third kappa shape index (κ3) is 5.50. The van der Waals surface area contributed by atoms with E-state index in [0.29, 0.717) is 6.61 Å². The summed E-state index contributed by atoms with van der Waals surface area (Å²) in [6.45, 7) is 1.35. The Morgan fingerprint density at radius 3 is 2.82 bits per heavy atom. The first kappa shape index (κ1) is 13.7. The number of ether oxygens (including phenoxy) is 1. The Labute approximate surface area is 99.1 Å². The molecule has 1 heterocycles. The molecule has 1 saturated heterocycles. The molecule has 0 radical (unpaired) electrons. The maximum absolute atomic E-state index is 11.4. The molecule has 2 atom stereocenters. The van der Waals surface area contributed by atoms with Crippen LogP contribution in [0.15, 0.2) is 0 Å². The Hall–Kier alpha value is -1.34. The zero-order valence-corrected chi connectivity index (χ0v) is 9.52. The fourth-order valence-electron chi connectivity index (χ4n) is 1.54. The van der Waals surface area contributed by atoms with Crippen molar-refractivity contribution < 1.29 is 24.5 Å². The molecule has 7 heteroatoms. The number of carbonyl (C=O) groups excluding carboxylic acids is 1. The molecular formula is C10H18N2O5. The first-order valence-electron chi connectivity index (χ1n) is 5.62. The highest BCUT2D eigenvalue weighted by Gasteiger charge is 2.16. The Kier molecular flexibility index (Phi) is 5.71. The summed E-state index contributed by atoms with van der Waals surface area (Å²) in [5, 5.41) is 22.6. The average Bonchev–Trinajstić information content (AvgIpc) is 2.30. The van der Waals surface area contributed by atoms with Crippen molar-refractivity contribution in [2.24, 2.45) is 0 Å². The lowest BCUT2D eigenvalue weighted by Gasteiger charge is -2.23. The van der Waals surface area contributed by atoms with Crippen LogP contribution < -0.4 is 10.6 Å². The third-order valence-corrected chi connectivity index (χ3v) is 2.48. The van der Waals surface area contributed by atoms with Gasteiger partial charge in [-0.05, 0) is 12.8 Å². The first-order valence-corrected chi connectivity index (χ1v) is 5.62. The van der Waals surface area contributed by atoms with Crippen molar-refractivity contribution in [1.82, 2.24) is 10.6 Å². The van der Waals surface area contributed by atoms with Gasteiger partial charge in [0.15, 0.2) is 6.10 Å². The van der Waals surface area contributed by atoms with Gasteiger partial charge in [0.05, 0.1) is 12.6 Å². The molecule has 1 rings (SSSR count). The van der Waals surface area contributed by atoms with Gasteiger partial charge in [0.2, 0.25) is 0 Å². The highest BCUT2D eigenvalue weighted by molar-refractivity contribution is 5.74. The number of nitrogens with one attached hydrogen (secondary N) is 2. The molecule has 0 bridgehead atoms. The van der Waals surface area contributed by atoms with Gasteiger partial charge in [-0.15, -0.1) is 0 Å². The number of hydrogen-bond acceptors (Lipinski definition) is 4. The van der Waals surface area contributed by atoms with Crippen LogP contribution in [0.3, 0.4) is 0 Å². The minimum atomic E-state index is -1.44. The minimum Gasteiger partial charge on any atom is -0.479 e. The zero-order valence-electron chi connectivity index (χ0n) is 9.52. The summed E-state index contributed by atoms with van der Waals surface area (Å²) in [6.07, 6.45) is 0.353. The monoisotopic (exact) mass is 246 g/mol. The van der Waals surface area contributed by atoms with Crippen molar-refractivity contribution in [2.45, 2.75) is 31.4 Å². The normalized spacial score (nSPS) is 21.6. The van der Waals surface area contributed by atoms with Crippen LogP contribution in [-0.4, -0.2) is 54.1 Å². The summed E-state index contributed by atoms with van der Waals surface area (Å²) in [7, 11) is 0. The van der Waals surface area contributed by atoms with Crippen LogP contribution in [0.1, 0.15) is 19.3 Å². The van der Waals surface area contributed by atoms with Crippen molar-refractivity contribution in [1.29, 1.82) is 0 Å². The number of aliphatic carboxylic acids is 1. The molecule has 1 aliphatic rings. The number of aliphatic hydroxyl groups excluding tert-OH is 1. The van der Waals surface area contributed by atoms with Gasteiger partial charge in [-0.3, -0.25) is 0 Å². The number of rotatable bonds is 5. The van der Waals surface area contributed by atoms with Crippen molar-refractivity contribution >= 4 is 12.0 Å². The molecule has 0 aromatic carbocycles. The molecule has 0 aliphatic carbocycles. The molecule has 17 heavy (non-hydrogen) atoms. The summed E-state index contributed by atoms with van der Waals surface area (Å²) in [4.78, 5) is 21.7. The second-order valence-corrected chi connectivity index (χ2v) is 3.96. The third-order valence-electron chi connectivity index (χ3n) is 2.48. The summed E-state index contributed by atoms with van der Waals surface area (Å²) in [5.41, 5.74) is 0. The lowest BCUT2D eigenvalue weighted by molar-refractivity contribution is -0.146. The Bertz CT molecular complexity index is 265. The van der Waals surface area contributed by atoms with Gasteiger partial charge in [-0.2, -0.15) is 0 Å². The molecule has 7 nitrogen and oxygen atoms in total. The average molecular weight is 246 g/mol. The zero-order chi connectivity index (χ0) is 12.7. The van der Waals surface area contributed by atoms with Crippen molar-refractivity contribution in [3.05, 3.63) is 0 Å². The molecule has 0 aromatic heterocycles. The molecule has 0 aromatic rings. The smallest absolute Gasteiger partial charge is 0.332 e. The SMILES string of the molecule is O=C(NCC[C@H](O)C(=O)O)NC1CCCOC1. The molecule has 0 spiro atoms. The summed E-state index contributed by atoms with van der Waals surface area (Å²) in [6, 6.07) is -0.355. The van der Waals surface area contributed by atoms with E-state index in [0.717, 1.165) is 19.4 Å². The van der Waals surface area contributed by atoms with Crippen LogP contribution in [0.5, 0.6) is 0 Å². The van der Waals surface area contributed by atoms with Crippen LogP contribution in [0.4, 0.5) is 4.79 Å². The van der Waals surface area contributed by atoms with Gasteiger partial charge < -0.3 is 25.6 Å². The maximum atomic E-state index is 11.4. The van der Waals surface area contributed by atoms with Gasteiger partial charge in [0.1, 0.15) is 0 Å². The van der Waals surface area contributed by atoms with Gasteiger partial charge >= 0.3 is 12.0 Å². The van der Waals surface area contributed by atoms with Crippen LogP contribution in [0, 0.1) is 0 Å². The standard InChI is InChI=1S/C10H18N2O5/c13-8(9(14)15)3-4-11-10(16)12-7-2-1-5-17-6-7/h7-8,13H,1-6H2,(H,14,15)(H2,11,12,16)/t7?,8-/m0/s1. The topological polar surface area (TPSA) is 108 Å². The van der Waals surface area contributed by atoms with Crippen LogP contribution in [0.2, 0.25) is 0 Å². The Balaban J connectivity index is 2.10. The lowest BCUT2D eigenvalue weighted by atomic mass is 10.1. The molecule has 1 aliphatic heterocycles. The quantitative estimate of drug-likeness (QED) is 0.513. The van der Waals surface area contributed by atoms with E-state index in [4.69, 9.17) is 14.9 Å². The van der Waals surface area contributed by atoms with Crippen LogP contribution >= 0.6 is 0 Å². The summed E-state index contributed by atoms with van der Waals surface area (Å²) >= 11 is 0.